The molecule has 1 atom stereocenters. The molecule has 0 aromatic carbocycles. The topological polar surface area (TPSA) is 41.6 Å². The zero-order chi connectivity index (χ0) is 11.5. The monoisotopic (exact) mass is 214 g/mol. The molecule has 1 rings (SSSR count). The van der Waals surface area contributed by atoms with E-state index >= 15 is 0 Å². The Bertz CT molecular complexity index is 217. The van der Waals surface area contributed by atoms with Crippen LogP contribution in [-0.4, -0.2) is 48.7 Å². The summed E-state index contributed by atoms with van der Waals surface area (Å²) >= 11 is 0. The third-order valence-electron chi connectivity index (χ3n) is 2.47. The third-order valence-corrected chi connectivity index (χ3v) is 2.47. The molecule has 88 valence electrons. The van der Waals surface area contributed by atoms with E-state index in [-0.39, 0.29) is 17.5 Å². The number of carbonyl (C=O) groups excluding carboxylic acids is 1. The molecule has 1 aliphatic rings. The maximum absolute atomic E-state index is 11.9. The van der Waals surface area contributed by atoms with Crippen molar-refractivity contribution in [3.05, 3.63) is 0 Å². The molecule has 1 unspecified atom stereocenters. The summed E-state index contributed by atoms with van der Waals surface area (Å²) in [6.07, 6.45) is 0. The Balaban J connectivity index is 2.44. The summed E-state index contributed by atoms with van der Waals surface area (Å²) in [6.45, 7) is 11.1. The molecule has 1 fully saturated rings. The Kier molecular flexibility index (Phi) is 4.11. The van der Waals surface area contributed by atoms with Crippen LogP contribution < -0.4 is 5.32 Å². The van der Waals surface area contributed by atoms with Gasteiger partial charge in [0, 0.05) is 18.6 Å². The molecule has 1 N–H and O–H groups in total. The second-order valence-electron chi connectivity index (χ2n) is 5.06. The van der Waals surface area contributed by atoms with E-state index in [4.69, 9.17) is 4.74 Å². The van der Waals surface area contributed by atoms with Gasteiger partial charge in [-0.2, -0.15) is 0 Å². The standard InChI is InChI=1S/C11H22N2O2/c1-9(10(14)12-11(2,3)4)13-5-7-15-8-6-13/h9H,5-8H2,1-4H3,(H,12,14). The van der Waals surface area contributed by atoms with E-state index in [1.165, 1.54) is 0 Å². The van der Waals surface area contributed by atoms with Crippen molar-refractivity contribution in [3.8, 4) is 0 Å². The Hall–Kier alpha value is -0.610. The summed E-state index contributed by atoms with van der Waals surface area (Å²) in [5.74, 6) is 0.101. The minimum Gasteiger partial charge on any atom is -0.379 e. The highest BCUT2D eigenvalue weighted by Gasteiger charge is 2.25. The fourth-order valence-electron chi connectivity index (χ4n) is 1.60. The summed E-state index contributed by atoms with van der Waals surface area (Å²) in [7, 11) is 0. The first-order valence-corrected chi connectivity index (χ1v) is 5.54. The lowest BCUT2D eigenvalue weighted by Gasteiger charge is -2.33. The fourth-order valence-corrected chi connectivity index (χ4v) is 1.60. The number of hydrogen-bond acceptors (Lipinski definition) is 3. The van der Waals surface area contributed by atoms with E-state index in [1.807, 2.05) is 27.7 Å². The van der Waals surface area contributed by atoms with E-state index in [0.717, 1.165) is 26.3 Å². The molecular weight excluding hydrogens is 192 g/mol. The van der Waals surface area contributed by atoms with Gasteiger partial charge < -0.3 is 10.1 Å². The van der Waals surface area contributed by atoms with E-state index in [1.54, 1.807) is 0 Å². The molecular formula is C11H22N2O2. The minimum absolute atomic E-state index is 0.0619. The highest BCUT2D eigenvalue weighted by molar-refractivity contribution is 5.81. The van der Waals surface area contributed by atoms with Gasteiger partial charge in [-0.1, -0.05) is 0 Å². The van der Waals surface area contributed by atoms with Gasteiger partial charge in [-0.25, -0.2) is 0 Å². The van der Waals surface area contributed by atoms with Gasteiger partial charge in [0.25, 0.3) is 0 Å². The highest BCUT2D eigenvalue weighted by Crippen LogP contribution is 2.06. The predicted octanol–water partition coefficient (Wildman–Crippen LogP) is 0.622. The summed E-state index contributed by atoms with van der Waals surface area (Å²) in [5, 5.41) is 2.99. The molecule has 0 aromatic rings. The van der Waals surface area contributed by atoms with Crippen LogP contribution in [0.2, 0.25) is 0 Å². The molecule has 15 heavy (non-hydrogen) atoms. The van der Waals surface area contributed by atoms with Crippen molar-refractivity contribution in [2.45, 2.75) is 39.3 Å². The van der Waals surface area contributed by atoms with Crippen molar-refractivity contribution in [3.63, 3.8) is 0 Å². The lowest BCUT2D eigenvalue weighted by molar-refractivity contribution is -0.128. The fraction of sp³-hybridized carbons (Fsp3) is 0.909. The number of amides is 1. The van der Waals surface area contributed by atoms with E-state index in [0.29, 0.717) is 0 Å². The molecule has 1 amide bonds. The van der Waals surface area contributed by atoms with Gasteiger partial charge >= 0.3 is 0 Å². The Labute approximate surface area is 92.0 Å². The van der Waals surface area contributed by atoms with Crippen molar-refractivity contribution in [2.24, 2.45) is 0 Å². The molecule has 4 nitrogen and oxygen atoms in total. The molecule has 0 saturated carbocycles. The van der Waals surface area contributed by atoms with Crippen LogP contribution in [0.25, 0.3) is 0 Å². The number of hydrogen-bond donors (Lipinski definition) is 1. The number of rotatable bonds is 2. The average molecular weight is 214 g/mol. The summed E-state index contributed by atoms with van der Waals surface area (Å²) in [4.78, 5) is 14.0. The van der Waals surface area contributed by atoms with Gasteiger partial charge in [0.15, 0.2) is 0 Å². The predicted molar refractivity (Wildman–Crippen MR) is 59.7 cm³/mol. The normalized spacial score (nSPS) is 21.1. The van der Waals surface area contributed by atoms with Gasteiger partial charge in [-0.3, -0.25) is 9.69 Å². The van der Waals surface area contributed by atoms with Crippen LogP contribution in [0, 0.1) is 0 Å². The Morgan fingerprint density at radius 2 is 1.87 bits per heavy atom. The summed E-state index contributed by atoms with van der Waals surface area (Å²) in [5.41, 5.74) is -0.155. The highest BCUT2D eigenvalue weighted by atomic mass is 16.5. The molecule has 1 saturated heterocycles. The number of carbonyl (C=O) groups is 1. The summed E-state index contributed by atoms with van der Waals surface area (Å²) in [6, 6.07) is -0.0619. The van der Waals surface area contributed by atoms with Crippen LogP contribution in [0.3, 0.4) is 0 Å². The zero-order valence-electron chi connectivity index (χ0n) is 10.2. The van der Waals surface area contributed by atoms with Crippen LogP contribution in [-0.2, 0) is 9.53 Å². The second-order valence-corrected chi connectivity index (χ2v) is 5.06. The van der Waals surface area contributed by atoms with Crippen molar-refractivity contribution in [1.82, 2.24) is 10.2 Å². The van der Waals surface area contributed by atoms with Gasteiger partial charge in [-0.15, -0.1) is 0 Å². The van der Waals surface area contributed by atoms with Crippen LogP contribution in [0.1, 0.15) is 27.7 Å². The maximum Gasteiger partial charge on any atom is 0.237 e. The van der Waals surface area contributed by atoms with Crippen molar-refractivity contribution < 1.29 is 9.53 Å². The van der Waals surface area contributed by atoms with Crippen molar-refractivity contribution in [2.75, 3.05) is 26.3 Å². The molecule has 0 bridgehead atoms. The maximum atomic E-state index is 11.9. The quantitative estimate of drug-likeness (QED) is 0.733. The minimum atomic E-state index is -0.155. The van der Waals surface area contributed by atoms with Crippen LogP contribution in [0.5, 0.6) is 0 Å². The molecule has 0 spiro atoms. The Morgan fingerprint density at radius 3 is 2.33 bits per heavy atom. The summed E-state index contributed by atoms with van der Waals surface area (Å²) < 4.78 is 5.26. The molecule has 4 heteroatoms. The molecule has 1 heterocycles. The molecule has 0 aromatic heterocycles. The van der Waals surface area contributed by atoms with Gasteiger partial charge in [-0.05, 0) is 27.7 Å². The zero-order valence-corrected chi connectivity index (χ0v) is 10.2. The van der Waals surface area contributed by atoms with Gasteiger partial charge in [0.1, 0.15) is 0 Å². The third kappa shape index (κ3) is 4.18. The number of nitrogens with zero attached hydrogens (tertiary/aromatic N) is 1. The number of morpholine rings is 1. The average Bonchev–Trinajstić information content (AvgIpc) is 2.15. The number of ether oxygens (including phenoxy) is 1. The lowest BCUT2D eigenvalue weighted by Crippen LogP contribution is -2.53. The largest absolute Gasteiger partial charge is 0.379 e. The van der Waals surface area contributed by atoms with E-state index in [9.17, 15) is 4.79 Å². The first-order chi connectivity index (χ1) is 6.90. The van der Waals surface area contributed by atoms with Crippen LogP contribution >= 0.6 is 0 Å². The first-order valence-electron chi connectivity index (χ1n) is 5.54. The van der Waals surface area contributed by atoms with E-state index < -0.39 is 0 Å². The molecule has 0 aliphatic carbocycles. The smallest absolute Gasteiger partial charge is 0.237 e. The van der Waals surface area contributed by atoms with Crippen molar-refractivity contribution >= 4 is 5.91 Å². The van der Waals surface area contributed by atoms with Gasteiger partial charge in [0.2, 0.25) is 5.91 Å². The van der Waals surface area contributed by atoms with Gasteiger partial charge in [0.05, 0.1) is 19.3 Å². The molecule has 0 radical (unpaired) electrons. The Morgan fingerprint density at radius 1 is 1.33 bits per heavy atom. The van der Waals surface area contributed by atoms with Crippen LogP contribution in [0.15, 0.2) is 0 Å². The second kappa shape index (κ2) is 4.94. The SMILES string of the molecule is CC(C(=O)NC(C)(C)C)N1CCOCC1. The van der Waals surface area contributed by atoms with Crippen molar-refractivity contribution in [1.29, 1.82) is 0 Å². The molecule has 1 aliphatic heterocycles. The van der Waals surface area contributed by atoms with Crippen LogP contribution in [0.4, 0.5) is 0 Å². The first kappa shape index (κ1) is 12.5. The lowest BCUT2D eigenvalue weighted by atomic mass is 10.1. The van der Waals surface area contributed by atoms with E-state index in [2.05, 4.69) is 10.2 Å². The number of nitrogens with one attached hydrogen (secondary N) is 1.